The molecular formula is C14H12ClNO. The maximum Gasteiger partial charge on any atom is 0.161 e. The zero-order valence-electron chi connectivity index (χ0n) is 9.19. The van der Waals surface area contributed by atoms with Gasteiger partial charge >= 0.3 is 0 Å². The van der Waals surface area contributed by atoms with E-state index < -0.39 is 0 Å². The number of benzene rings is 2. The van der Waals surface area contributed by atoms with Crippen LogP contribution in [0, 0.1) is 0 Å². The number of nitrogens with one attached hydrogen (secondary N) is 1. The first kappa shape index (κ1) is 10.5. The maximum absolute atomic E-state index is 6.13. The summed E-state index contributed by atoms with van der Waals surface area (Å²) >= 11 is 6.13. The molecule has 86 valence electrons. The summed E-state index contributed by atoms with van der Waals surface area (Å²) in [6.07, 6.45) is 0.0172. The minimum Gasteiger partial charge on any atom is -0.480 e. The topological polar surface area (TPSA) is 21.3 Å². The molecule has 3 heteroatoms. The molecule has 0 spiro atoms. The third kappa shape index (κ3) is 1.96. The standard InChI is InChI=1S/C14H12ClNO/c15-11-7-4-8-12-14(11)17-13(9-16-12)10-5-2-1-3-6-10/h1-8,13,16H,9H2/t13-/m0/s1. The largest absolute Gasteiger partial charge is 0.480 e. The van der Waals surface area contributed by atoms with Gasteiger partial charge in [-0.2, -0.15) is 0 Å². The van der Waals surface area contributed by atoms with Gasteiger partial charge in [-0.05, 0) is 17.7 Å². The van der Waals surface area contributed by atoms with E-state index in [1.54, 1.807) is 0 Å². The molecule has 3 rings (SSSR count). The second kappa shape index (κ2) is 4.30. The van der Waals surface area contributed by atoms with Gasteiger partial charge in [0.25, 0.3) is 0 Å². The first-order chi connectivity index (χ1) is 8.34. The molecule has 2 aromatic rings. The van der Waals surface area contributed by atoms with Crippen molar-refractivity contribution in [1.29, 1.82) is 0 Å². The van der Waals surface area contributed by atoms with Crippen LogP contribution in [0.1, 0.15) is 11.7 Å². The monoisotopic (exact) mass is 245 g/mol. The van der Waals surface area contributed by atoms with Gasteiger partial charge in [0.05, 0.1) is 17.3 Å². The van der Waals surface area contributed by atoms with Gasteiger partial charge in [0.1, 0.15) is 6.10 Å². The van der Waals surface area contributed by atoms with E-state index in [-0.39, 0.29) is 6.10 Å². The molecule has 0 bridgehead atoms. The van der Waals surface area contributed by atoms with Crippen LogP contribution in [0.3, 0.4) is 0 Å². The van der Waals surface area contributed by atoms with Gasteiger partial charge < -0.3 is 10.1 Å². The first-order valence-electron chi connectivity index (χ1n) is 5.58. The van der Waals surface area contributed by atoms with Crippen LogP contribution in [0.15, 0.2) is 48.5 Å². The van der Waals surface area contributed by atoms with Crippen molar-refractivity contribution in [3.05, 3.63) is 59.1 Å². The molecule has 1 aliphatic rings. The highest BCUT2D eigenvalue weighted by Crippen LogP contribution is 2.39. The van der Waals surface area contributed by atoms with Crippen LogP contribution in [0.5, 0.6) is 5.75 Å². The maximum atomic E-state index is 6.13. The number of ether oxygens (including phenoxy) is 1. The quantitative estimate of drug-likeness (QED) is 0.823. The number of para-hydroxylation sites is 1. The zero-order chi connectivity index (χ0) is 11.7. The van der Waals surface area contributed by atoms with Gasteiger partial charge in [0.15, 0.2) is 5.75 Å². The summed E-state index contributed by atoms with van der Waals surface area (Å²) in [4.78, 5) is 0. The van der Waals surface area contributed by atoms with Crippen molar-refractivity contribution in [2.75, 3.05) is 11.9 Å². The van der Waals surface area contributed by atoms with Gasteiger partial charge in [0.2, 0.25) is 0 Å². The third-order valence-electron chi connectivity index (χ3n) is 2.88. The number of halogens is 1. The molecule has 0 fully saturated rings. The Bertz CT molecular complexity index is 527. The van der Waals surface area contributed by atoms with Gasteiger partial charge in [-0.3, -0.25) is 0 Å². The summed E-state index contributed by atoms with van der Waals surface area (Å²) in [6, 6.07) is 15.9. The molecule has 0 aromatic heterocycles. The summed E-state index contributed by atoms with van der Waals surface area (Å²) in [5, 5.41) is 3.99. The summed E-state index contributed by atoms with van der Waals surface area (Å²) in [5.41, 5.74) is 2.12. The van der Waals surface area contributed by atoms with E-state index in [9.17, 15) is 0 Å². The molecule has 1 aliphatic heterocycles. The Labute approximate surface area is 105 Å². The molecule has 1 N–H and O–H groups in total. The van der Waals surface area contributed by atoms with Crippen LogP contribution in [0.25, 0.3) is 0 Å². The lowest BCUT2D eigenvalue weighted by Gasteiger charge is -2.28. The fourth-order valence-electron chi connectivity index (χ4n) is 2.01. The molecule has 0 saturated carbocycles. The van der Waals surface area contributed by atoms with Crippen molar-refractivity contribution in [2.45, 2.75) is 6.10 Å². The molecule has 17 heavy (non-hydrogen) atoms. The second-order valence-corrected chi connectivity index (χ2v) is 4.42. The lowest BCUT2D eigenvalue weighted by atomic mass is 10.1. The van der Waals surface area contributed by atoms with Crippen molar-refractivity contribution in [3.8, 4) is 5.75 Å². The highest BCUT2D eigenvalue weighted by molar-refractivity contribution is 6.32. The van der Waals surface area contributed by atoms with Gasteiger partial charge in [-0.25, -0.2) is 0 Å². The average molecular weight is 246 g/mol. The van der Waals surface area contributed by atoms with Crippen LogP contribution in [0.4, 0.5) is 5.69 Å². The number of anilines is 1. The number of rotatable bonds is 1. The average Bonchev–Trinajstić information content (AvgIpc) is 2.40. The van der Waals surface area contributed by atoms with Crippen LogP contribution in [0.2, 0.25) is 5.02 Å². The van der Waals surface area contributed by atoms with Crippen molar-refractivity contribution in [1.82, 2.24) is 0 Å². The Morgan fingerprint density at radius 1 is 1.06 bits per heavy atom. The van der Waals surface area contributed by atoms with Gasteiger partial charge in [-0.1, -0.05) is 48.0 Å². The fraction of sp³-hybridized carbons (Fsp3) is 0.143. The summed E-state index contributed by atoms with van der Waals surface area (Å²) in [5.74, 6) is 0.745. The molecule has 2 nitrogen and oxygen atoms in total. The van der Waals surface area contributed by atoms with E-state index in [0.717, 1.165) is 23.5 Å². The van der Waals surface area contributed by atoms with Crippen LogP contribution in [-0.2, 0) is 0 Å². The number of fused-ring (bicyclic) bond motifs is 1. The van der Waals surface area contributed by atoms with E-state index in [4.69, 9.17) is 16.3 Å². The highest BCUT2D eigenvalue weighted by Gasteiger charge is 2.22. The zero-order valence-corrected chi connectivity index (χ0v) is 9.95. The SMILES string of the molecule is Clc1cccc2c1O[C@H](c1ccccc1)CN2. The Kier molecular flexibility index (Phi) is 2.65. The normalized spacial score (nSPS) is 17.8. The second-order valence-electron chi connectivity index (χ2n) is 4.01. The predicted octanol–water partition coefficient (Wildman–Crippen LogP) is 3.89. The molecule has 0 amide bonds. The van der Waals surface area contributed by atoms with E-state index >= 15 is 0 Å². The van der Waals surface area contributed by atoms with Crippen LogP contribution < -0.4 is 10.1 Å². The lowest BCUT2D eigenvalue weighted by Crippen LogP contribution is -2.23. The highest BCUT2D eigenvalue weighted by atomic mass is 35.5. The van der Waals surface area contributed by atoms with E-state index in [2.05, 4.69) is 17.4 Å². The van der Waals surface area contributed by atoms with Crippen molar-refractivity contribution < 1.29 is 4.74 Å². The van der Waals surface area contributed by atoms with E-state index in [1.807, 2.05) is 36.4 Å². The number of hydrogen-bond donors (Lipinski definition) is 1. The van der Waals surface area contributed by atoms with Crippen molar-refractivity contribution >= 4 is 17.3 Å². The van der Waals surface area contributed by atoms with Gasteiger partial charge in [0, 0.05) is 0 Å². The third-order valence-corrected chi connectivity index (χ3v) is 3.17. The molecular weight excluding hydrogens is 234 g/mol. The summed E-state index contributed by atoms with van der Waals surface area (Å²) < 4.78 is 5.95. The minimum atomic E-state index is 0.0172. The molecule has 1 atom stereocenters. The molecule has 1 heterocycles. The summed E-state index contributed by atoms with van der Waals surface area (Å²) in [7, 11) is 0. The Hall–Kier alpha value is -1.67. The molecule has 0 aliphatic carbocycles. The van der Waals surface area contributed by atoms with Crippen molar-refractivity contribution in [3.63, 3.8) is 0 Å². The van der Waals surface area contributed by atoms with Crippen LogP contribution >= 0.6 is 11.6 Å². The fourth-order valence-corrected chi connectivity index (χ4v) is 2.23. The number of hydrogen-bond acceptors (Lipinski definition) is 2. The summed E-state index contributed by atoms with van der Waals surface area (Å²) in [6.45, 7) is 0.761. The Morgan fingerprint density at radius 3 is 2.71 bits per heavy atom. The van der Waals surface area contributed by atoms with Gasteiger partial charge in [-0.15, -0.1) is 0 Å². The van der Waals surface area contributed by atoms with E-state index in [1.165, 1.54) is 0 Å². The smallest absolute Gasteiger partial charge is 0.161 e. The lowest BCUT2D eigenvalue weighted by molar-refractivity contribution is 0.210. The molecule has 0 saturated heterocycles. The Morgan fingerprint density at radius 2 is 1.88 bits per heavy atom. The molecule has 0 radical (unpaired) electrons. The predicted molar refractivity (Wildman–Crippen MR) is 69.8 cm³/mol. The van der Waals surface area contributed by atoms with Crippen molar-refractivity contribution in [2.24, 2.45) is 0 Å². The minimum absolute atomic E-state index is 0.0172. The van der Waals surface area contributed by atoms with Crippen LogP contribution in [-0.4, -0.2) is 6.54 Å². The molecule has 0 unspecified atom stereocenters. The molecule has 2 aromatic carbocycles. The van der Waals surface area contributed by atoms with E-state index in [0.29, 0.717) is 5.02 Å². The first-order valence-corrected chi connectivity index (χ1v) is 5.96. The Balaban J connectivity index is 1.93.